The van der Waals surface area contributed by atoms with Crippen LogP contribution in [0.1, 0.15) is 32.7 Å². The Morgan fingerprint density at radius 3 is 2.29 bits per heavy atom. The first-order chi connectivity index (χ1) is 11.5. The van der Waals surface area contributed by atoms with Crippen LogP contribution < -0.4 is 5.32 Å². The molecule has 0 bridgehead atoms. The number of hydrogen-bond acceptors (Lipinski definition) is 3. The van der Waals surface area contributed by atoms with Crippen molar-refractivity contribution in [2.75, 3.05) is 11.9 Å². The van der Waals surface area contributed by atoms with Crippen LogP contribution in [0, 0.1) is 6.92 Å². The van der Waals surface area contributed by atoms with Crippen molar-refractivity contribution in [3.8, 4) is 0 Å². The zero-order valence-corrected chi connectivity index (χ0v) is 14.6. The number of fused-ring (bicyclic) bond motifs is 1. The molecule has 0 spiro atoms. The molecule has 0 radical (unpaired) electrons. The number of rotatable bonds is 4. The Bertz CT molecular complexity index is 813. The van der Waals surface area contributed by atoms with Crippen molar-refractivity contribution in [3.63, 3.8) is 0 Å². The van der Waals surface area contributed by atoms with Crippen LogP contribution in [0.15, 0.2) is 46.9 Å². The van der Waals surface area contributed by atoms with E-state index in [1.54, 1.807) is 30.3 Å². The summed E-state index contributed by atoms with van der Waals surface area (Å²) >= 11 is 3.37. The van der Waals surface area contributed by atoms with E-state index in [0.717, 1.165) is 14.9 Å². The first kappa shape index (κ1) is 16.4. The van der Waals surface area contributed by atoms with E-state index < -0.39 is 0 Å². The summed E-state index contributed by atoms with van der Waals surface area (Å²) in [5.41, 5.74) is 2.43. The second-order valence-corrected chi connectivity index (χ2v) is 6.48. The molecular weight excluding hydrogens is 372 g/mol. The van der Waals surface area contributed by atoms with Crippen molar-refractivity contribution in [3.05, 3.63) is 63.6 Å². The number of anilines is 1. The van der Waals surface area contributed by atoms with E-state index >= 15 is 0 Å². The topological polar surface area (TPSA) is 66.5 Å². The lowest BCUT2D eigenvalue weighted by Crippen LogP contribution is -2.32. The molecule has 3 amide bonds. The van der Waals surface area contributed by atoms with Crippen molar-refractivity contribution < 1.29 is 14.4 Å². The predicted octanol–water partition coefficient (Wildman–Crippen LogP) is 3.38. The zero-order valence-electron chi connectivity index (χ0n) is 13.0. The Balaban J connectivity index is 1.63. The monoisotopic (exact) mass is 386 g/mol. The van der Waals surface area contributed by atoms with Crippen LogP contribution in [0.25, 0.3) is 0 Å². The van der Waals surface area contributed by atoms with Gasteiger partial charge in [-0.1, -0.05) is 28.1 Å². The fourth-order valence-electron chi connectivity index (χ4n) is 2.64. The third-order valence-electron chi connectivity index (χ3n) is 3.90. The predicted molar refractivity (Wildman–Crippen MR) is 93.9 cm³/mol. The fraction of sp³-hybridized carbons (Fsp3) is 0.167. The second-order valence-electron chi connectivity index (χ2n) is 5.56. The molecule has 0 saturated heterocycles. The number of benzene rings is 2. The van der Waals surface area contributed by atoms with Gasteiger partial charge in [0.1, 0.15) is 0 Å². The molecule has 1 aliphatic heterocycles. The Morgan fingerprint density at radius 2 is 1.71 bits per heavy atom. The summed E-state index contributed by atoms with van der Waals surface area (Å²) in [4.78, 5) is 37.7. The summed E-state index contributed by atoms with van der Waals surface area (Å²) in [6.07, 6.45) is 0.0565. The van der Waals surface area contributed by atoms with Gasteiger partial charge in [0.25, 0.3) is 11.8 Å². The van der Waals surface area contributed by atoms with Gasteiger partial charge in [-0.3, -0.25) is 19.3 Å². The summed E-state index contributed by atoms with van der Waals surface area (Å²) in [6.45, 7) is 1.96. The molecule has 24 heavy (non-hydrogen) atoms. The number of nitrogens with zero attached hydrogens (tertiary/aromatic N) is 1. The van der Waals surface area contributed by atoms with E-state index in [-0.39, 0.29) is 30.7 Å². The summed E-state index contributed by atoms with van der Waals surface area (Å²) in [5.74, 6) is -0.927. The maximum atomic E-state index is 12.2. The highest BCUT2D eigenvalue weighted by atomic mass is 79.9. The van der Waals surface area contributed by atoms with Crippen LogP contribution in [-0.4, -0.2) is 29.2 Å². The van der Waals surface area contributed by atoms with Crippen molar-refractivity contribution in [1.29, 1.82) is 0 Å². The second kappa shape index (κ2) is 6.57. The third kappa shape index (κ3) is 3.10. The molecule has 2 aromatic rings. The molecule has 3 rings (SSSR count). The standard InChI is InChI=1S/C18H15BrN2O3/c1-11-10-12(19)6-7-15(11)20-16(22)8-9-21-17(23)13-4-2-3-5-14(13)18(21)24/h2-7,10H,8-9H2,1H3,(H,20,22). The molecule has 6 heteroatoms. The van der Waals surface area contributed by atoms with Gasteiger partial charge in [0.15, 0.2) is 0 Å². The van der Waals surface area contributed by atoms with Gasteiger partial charge in [-0.05, 0) is 42.8 Å². The van der Waals surface area contributed by atoms with Gasteiger partial charge in [0.2, 0.25) is 5.91 Å². The first-order valence-corrected chi connectivity index (χ1v) is 8.28. The molecule has 2 aromatic carbocycles. The molecule has 0 atom stereocenters. The SMILES string of the molecule is Cc1cc(Br)ccc1NC(=O)CCN1C(=O)c2ccccc2C1=O. The van der Waals surface area contributed by atoms with E-state index in [9.17, 15) is 14.4 Å². The highest BCUT2D eigenvalue weighted by Gasteiger charge is 2.34. The number of imide groups is 1. The summed E-state index contributed by atoms with van der Waals surface area (Å²) < 4.78 is 0.934. The molecule has 1 heterocycles. The van der Waals surface area contributed by atoms with Crippen LogP contribution >= 0.6 is 15.9 Å². The zero-order chi connectivity index (χ0) is 17.3. The van der Waals surface area contributed by atoms with E-state index in [4.69, 9.17) is 0 Å². The lowest BCUT2D eigenvalue weighted by molar-refractivity contribution is -0.116. The molecule has 1 aliphatic rings. The normalized spacial score (nSPS) is 13.2. The third-order valence-corrected chi connectivity index (χ3v) is 4.40. The number of carbonyl (C=O) groups is 3. The van der Waals surface area contributed by atoms with E-state index in [0.29, 0.717) is 16.8 Å². The molecule has 0 aromatic heterocycles. The van der Waals surface area contributed by atoms with Gasteiger partial charge in [-0.15, -0.1) is 0 Å². The summed E-state index contributed by atoms with van der Waals surface area (Å²) in [6, 6.07) is 12.2. The molecule has 0 unspecified atom stereocenters. The number of hydrogen-bond donors (Lipinski definition) is 1. The fourth-order valence-corrected chi connectivity index (χ4v) is 3.11. The van der Waals surface area contributed by atoms with Crippen molar-refractivity contribution >= 4 is 39.3 Å². The maximum absolute atomic E-state index is 12.2. The molecule has 1 N–H and O–H groups in total. The van der Waals surface area contributed by atoms with Gasteiger partial charge < -0.3 is 5.32 Å². The molecule has 0 aliphatic carbocycles. The minimum atomic E-state index is -0.344. The Kier molecular flexibility index (Phi) is 4.49. The van der Waals surface area contributed by atoms with Crippen LogP contribution in [0.2, 0.25) is 0 Å². The van der Waals surface area contributed by atoms with E-state index in [1.807, 2.05) is 19.1 Å². The lowest BCUT2D eigenvalue weighted by Gasteiger charge is -2.14. The molecule has 122 valence electrons. The Hall–Kier alpha value is -2.47. The van der Waals surface area contributed by atoms with Gasteiger partial charge in [0.05, 0.1) is 11.1 Å². The van der Waals surface area contributed by atoms with Gasteiger partial charge >= 0.3 is 0 Å². The van der Waals surface area contributed by atoms with Crippen molar-refractivity contribution in [1.82, 2.24) is 4.90 Å². The largest absolute Gasteiger partial charge is 0.326 e. The smallest absolute Gasteiger partial charge is 0.261 e. The highest BCUT2D eigenvalue weighted by molar-refractivity contribution is 9.10. The number of nitrogens with one attached hydrogen (secondary N) is 1. The minimum absolute atomic E-state index is 0.0565. The molecular formula is C18H15BrN2O3. The van der Waals surface area contributed by atoms with Crippen LogP contribution in [0.5, 0.6) is 0 Å². The van der Waals surface area contributed by atoms with Crippen LogP contribution in [0.4, 0.5) is 5.69 Å². The average molecular weight is 387 g/mol. The number of carbonyl (C=O) groups excluding carboxylic acids is 3. The Labute approximate surface area is 147 Å². The lowest BCUT2D eigenvalue weighted by atomic mass is 10.1. The van der Waals surface area contributed by atoms with E-state index in [2.05, 4.69) is 21.2 Å². The van der Waals surface area contributed by atoms with Crippen molar-refractivity contribution in [2.24, 2.45) is 0 Å². The summed E-state index contributed by atoms with van der Waals surface area (Å²) in [5, 5.41) is 2.80. The minimum Gasteiger partial charge on any atom is -0.326 e. The van der Waals surface area contributed by atoms with Crippen LogP contribution in [0.3, 0.4) is 0 Å². The van der Waals surface area contributed by atoms with Gasteiger partial charge in [-0.25, -0.2) is 0 Å². The molecule has 0 fully saturated rings. The average Bonchev–Trinajstić information content (AvgIpc) is 2.80. The van der Waals surface area contributed by atoms with Crippen molar-refractivity contribution in [2.45, 2.75) is 13.3 Å². The first-order valence-electron chi connectivity index (χ1n) is 7.48. The maximum Gasteiger partial charge on any atom is 0.261 e. The number of amides is 3. The highest BCUT2D eigenvalue weighted by Crippen LogP contribution is 2.23. The Morgan fingerprint density at radius 1 is 1.08 bits per heavy atom. The van der Waals surface area contributed by atoms with Gasteiger partial charge in [0, 0.05) is 23.1 Å². The summed E-state index contributed by atoms with van der Waals surface area (Å²) in [7, 11) is 0. The van der Waals surface area contributed by atoms with Gasteiger partial charge in [-0.2, -0.15) is 0 Å². The molecule has 5 nitrogen and oxygen atoms in total. The van der Waals surface area contributed by atoms with E-state index in [1.165, 1.54) is 0 Å². The number of aryl methyl sites for hydroxylation is 1. The van der Waals surface area contributed by atoms with Crippen LogP contribution in [-0.2, 0) is 4.79 Å². The number of halogens is 1. The molecule has 0 saturated carbocycles. The quantitative estimate of drug-likeness (QED) is 0.818.